The Morgan fingerprint density at radius 1 is 1.31 bits per heavy atom. The Morgan fingerprint density at radius 2 is 2.06 bits per heavy atom. The van der Waals surface area contributed by atoms with E-state index in [-0.39, 0.29) is 11.5 Å². The Bertz CT molecular complexity index is 326. The van der Waals surface area contributed by atoms with Crippen LogP contribution in [0.2, 0.25) is 0 Å². The molecule has 0 radical (unpaired) electrons. The molecule has 90 valence electrons. The molecule has 1 aromatic rings. The van der Waals surface area contributed by atoms with E-state index in [1.807, 2.05) is 18.7 Å². The van der Waals surface area contributed by atoms with Crippen LogP contribution in [0.15, 0.2) is 18.7 Å². The molecule has 0 aliphatic heterocycles. The number of nitrogens with zero attached hydrogens (tertiary/aromatic N) is 2. The Morgan fingerprint density at radius 3 is 2.62 bits per heavy atom. The third-order valence-corrected chi connectivity index (χ3v) is 3.81. The van der Waals surface area contributed by atoms with Crippen molar-refractivity contribution in [1.82, 2.24) is 9.55 Å². The maximum atomic E-state index is 9.83. The topological polar surface area (TPSA) is 38.0 Å². The summed E-state index contributed by atoms with van der Waals surface area (Å²) in [6.45, 7) is 6.87. The van der Waals surface area contributed by atoms with Gasteiger partial charge in [0.15, 0.2) is 0 Å². The number of aliphatic hydroxyl groups is 1. The second kappa shape index (κ2) is 4.21. The zero-order valence-electron chi connectivity index (χ0n) is 10.4. The largest absolute Gasteiger partial charge is 0.393 e. The number of imidazole rings is 1. The van der Waals surface area contributed by atoms with Crippen molar-refractivity contribution in [2.45, 2.75) is 52.2 Å². The summed E-state index contributed by atoms with van der Waals surface area (Å²) in [7, 11) is 0. The first-order valence-electron chi connectivity index (χ1n) is 6.14. The predicted octanol–water partition coefficient (Wildman–Crippen LogP) is 2.63. The summed E-state index contributed by atoms with van der Waals surface area (Å²) in [5, 5.41) is 9.83. The SMILES string of the molecule is CC(C)(C)C1CCC(O)CC1n1ccnc1. The van der Waals surface area contributed by atoms with Gasteiger partial charge in [-0.2, -0.15) is 0 Å². The second-order valence-corrected chi connectivity index (χ2v) is 6.02. The van der Waals surface area contributed by atoms with Crippen molar-refractivity contribution >= 4 is 0 Å². The zero-order chi connectivity index (χ0) is 11.8. The van der Waals surface area contributed by atoms with Gasteiger partial charge < -0.3 is 9.67 Å². The van der Waals surface area contributed by atoms with Crippen LogP contribution in [0.4, 0.5) is 0 Å². The molecule has 0 bridgehead atoms. The third-order valence-electron chi connectivity index (χ3n) is 3.81. The zero-order valence-corrected chi connectivity index (χ0v) is 10.4. The average molecular weight is 222 g/mol. The number of rotatable bonds is 1. The van der Waals surface area contributed by atoms with E-state index < -0.39 is 0 Å². The normalized spacial score (nSPS) is 31.6. The molecular weight excluding hydrogens is 200 g/mol. The lowest BCUT2D eigenvalue weighted by atomic mass is 9.69. The lowest BCUT2D eigenvalue weighted by molar-refractivity contribution is 0.0300. The van der Waals surface area contributed by atoms with Gasteiger partial charge in [-0.25, -0.2) is 4.98 Å². The summed E-state index contributed by atoms with van der Waals surface area (Å²) in [6, 6.07) is 0.395. The summed E-state index contributed by atoms with van der Waals surface area (Å²) < 4.78 is 2.16. The molecule has 0 amide bonds. The first kappa shape index (κ1) is 11.6. The predicted molar refractivity (Wildman–Crippen MR) is 64.1 cm³/mol. The molecular formula is C13H22N2O. The maximum Gasteiger partial charge on any atom is 0.0948 e. The van der Waals surface area contributed by atoms with Crippen LogP contribution in [-0.2, 0) is 0 Å². The van der Waals surface area contributed by atoms with Crippen molar-refractivity contribution in [2.24, 2.45) is 11.3 Å². The molecule has 0 aromatic carbocycles. The Balaban J connectivity index is 2.23. The molecule has 0 spiro atoms. The minimum absolute atomic E-state index is 0.147. The van der Waals surface area contributed by atoms with Crippen LogP contribution in [0, 0.1) is 11.3 Å². The molecule has 3 nitrogen and oxygen atoms in total. The van der Waals surface area contributed by atoms with Gasteiger partial charge in [0.25, 0.3) is 0 Å². The van der Waals surface area contributed by atoms with Crippen molar-refractivity contribution in [2.75, 3.05) is 0 Å². The Hall–Kier alpha value is -0.830. The standard InChI is InChI=1S/C13H22N2O/c1-13(2,3)11-5-4-10(16)8-12(11)15-7-6-14-9-15/h6-7,9-12,16H,4-5,8H2,1-3H3. The maximum absolute atomic E-state index is 9.83. The molecule has 2 rings (SSSR count). The van der Waals surface area contributed by atoms with Gasteiger partial charge in [0.05, 0.1) is 12.4 Å². The van der Waals surface area contributed by atoms with Crippen LogP contribution < -0.4 is 0 Å². The molecule has 1 aliphatic rings. The van der Waals surface area contributed by atoms with Crippen molar-refractivity contribution < 1.29 is 5.11 Å². The Kier molecular flexibility index (Phi) is 3.06. The van der Waals surface area contributed by atoms with E-state index in [9.17, 15) is 5.11 Å². The van der Waals surface area contributed by atoms with Gasteiger partial charge in [-0.3, -0.25) is 0 Å². The van der Waals surface area contributed by atoms with Crippen LogP contribution in [0.3, 0.4) is 0 Å². The lowest BCUT2D eigenvalue weighted by Gasteiger charge is -2.42. The quantitative estimate of drug-likeness (QED) is 0.793. The van der Waals surface area contributed by atoms with Gasteiger partial charge in [0.2, 0.25) is 0 Å². The third kappa shape index (κ3) is 2.29. The summed E-state index contributed by atoms with van der Waals surface area (Å²) in [5.41, 5.74) is 0.287. The Labute approximate surface area is 97.5 Å². The fraction of sp³-hybridized carbons (Fsp3) is 0.769. The smallest absolute Gasteiger partial charge is 0.0948 e. The van der Waals surface area contributed by atoms with Crippen LogP contribution >= 0.6 is 0 Å². The summed E-state index contributed by atoms with van der Waals surface area (Å²) in [6.07, 6.45) is 8.47. The highest BCUT2D eigenvalue weighted by Crippen LogP contribution is 2.44. The van der Waals surface area contributed by atoms with Gasteiger partial charge >= 0.3 is 0 Å². The first-order valence-corrected chi connectivity index (χ1v) is 6.14. The van der Waals surface area contributed by atoms with Crippen LogP contribution in [0.5, 0.6) is 0 Å². The van der Waals surface area contributed by atoms with Gasteiger partial charge in [-0.05, 0) is 30.6 Å². The van der Waals surface area contributed by atoms with Crippen LogP contribution in [0.1, 0.15) is 46.1 Å². The molecule has 1 fully saturated rings. The van der Waals surface area contributed by atoms with E-state index in [1.165, 1.54) is 0 Å². The van der Waals surface area contributed by atoms with Gasteiger partial charge in [-0.15, -0.1) is 0 Å². The minimum atomic E-state index is -0.147. The number of aromatic nitrogens is 2. The molecule has 1 aliphatic carbocycles. The highest BCUT2D eigenvalue weighted by atomic mass is 16.3. The van der Waals surface area contributed by atoms with Crippen molar-refractivity contribution in [3.8, 4) is 0 Å². The highest BCUT2D eigenvalue weighted by molar-refractivity contribution is 4.93. The summed E-state index contributed by atoms with van der Waals surface area (Å²) in [5.74, 6) is 0.616. The monoisotopic (exact) mass is 222 g/mol. The average Bonchev–Trinajstić information content (AvgIpc) is 2.68. The molecule has 16 heavy (non-hydrogen) atoms. The van der Waals surface area contributed by atoms with Crippen LogP contribution in [0.25, 0.3) is 0 Å². The molecule has 0 saturated heterocycles. The van der Waals surface area contributed by atoms with Crippen molar-refractivity contribution in [3.05, 3.63) is 18.7 Å². The van der Waals surface area contributed by atoms with Crippen molar-refractivity contribution in [3.63, 3.8) is 0 Å². The molecule has 3 heteroatoms. The van der Waals surface area contributed by atoms with E-state index >= 15 is 0 Å². The summed E-state index contributed by atoms with van der Waals surface area (Å²) >= 11 is 0. The molecule has 1 aromatic heterocycles. The van der Waals surface area contributed by atoms with Gasteiger partial charge in [0.1, 0.15) is 0 Å². The number of hydrogen-bond donors (Lipinski definition) is 1. The van der Waals surface area contributed by atoms with E-state index in [0.29, 0.717) is 12.0 Å². The molecule has 3 atom stereocenters. The fourth-order valence-electron chi connectivity index (χ4n) is 2.93. The second-order valence-electron chi connectivity index (χ2n) is 6.02. The highest BCUT2D eigenvalue weighted by Gasteiger charge is 2.37. The molecule has 1 saturated carbocycles. The van der Waals surface area contributed by atoms with E-state index in [4.69, 9.17) is 0 Å². The summed E-state index contributed by atoms with van der Waals surface area (Å²) in [4.78, 5) is 4.12. The van der Waals surface area contributed by atoms with Crippen LogP contribution in [-0.4, -0.2) is 20.8 Å². The first-order chi connectivity index (χ1) is 7.48. The minimum Gasteiger partial charge on any atom is -0.393 e. The molecule has 1 heterocycles. The van der Waals surface area contributed by atoms with Crippen molar-refractivity contribution in [1.29, 1.82) is 0 Å². The van der Waals surface area contributed by atoms with E-state index in [0.717, 1.165) is 19.3 Å². The van der Waals surface area contributed by atoms with E-state index in [2.05, 4.69) is 30.3 Å². The van der Waals surface area contributed by atoms with Gasteiger partial charge in [0, 0.05) is 18.4 Å². The lowest BCUT2D eigenvalue weighted by Crippen LogP contribution is -2.36. The number of hydrogen-bond acceptors (Lipinski definition) is 2. The number of aliphatic hydroxyl groups excluding tert-OH is 1. The fourth-order valence-corrected chi connectivity index (χ4v) is 2.93. The van der Waals surface area contributed by atoms with E-state index in [1.54, 1.807) is 0 Å². The molecule has 1 N–H and O–H groups in total. The van der Waals surface area contributed by atoms with Gasteiger partial charge in [-0.1, -0.05) is 20.8 Å². The molecule has 3 unspecified atom stereocenters.